The number of halogens is 1. The zero-order valence-electron chi connectivity index (χ0n) is 13.7. The third-order valence-electron chi connectivity index (χ3n) is 3.66. The molecule has 8 heteroatoms. The number of hydrogen-bond acceptors (Lipinski definition) is 5. The molecule has 0 aliphatic carbocycles. The summed E-state index contributed by atoms with van der Waals surface area (Å²) in [6.07, 6.45) is 0. The van der Waals surface area contributed by atoms with E-state index in [0.29, 0.717) is 5.16 Å². The highest BCUT2D eigenvalue weighted by molar-refractivity contribution is 9.10. The summed E-state index contributed by atoms with van der Waals surface area (Å²) in [4.78, 5) is 12.2. The van der Waals surface area contributed by atoms with Crippen LogP contribution in [-0.2, 0) is 4.79 Å². The van der Waals surface area contributed by atoms with Gasteiger partial charge in [-0.15, -0.1) is 5.10 Å². The quantitative estimate of drug-likeness (QED) is 0.639. The van der Waals surface area contributed by atoms with Crippen LogP contribution in [0.5, 0.6) is 0 Å². The second-order valence-electron chi connectivity index (χ2n) is 5.46. The third-order valence-corrected chi connectivity index (χ3v) is 5.27. The van der Waals surface area contributed by atoms with Gasteiger partial charge in [0.15, 0.2) is 0 Å². The molecule has 1 N–H and O–H groups in total. The van der Waals surface area contributed by atoms with E-state index in [1.807, 2.05) is 49.4 Å². The number of aryl methyl sites for hydroxylation is 2. The van der Waals surface area contributed by atoms with Crippen LogP contribution < -0.4 is 5.32 Å². The van der Waals surface area contributed by atoms with Gasteiger partial charge in [0.05, 0.1) is 17.1 Å². The monoisotopic (exact) mass is 417 g/mol. The number of anilines is 1. The number of nitrogens with zero attached hydrogens (tertiary/aromatic N) is 4. The summed E-state index contributed by atoms with van der Waals surface area (Å²) in [7, 11) is 0. The average Bonchev–Trinajstić information content (AvgIpc) is 3.06. The molecule has 0 spiro atoms. The molecular weight excluding hydrogens is 402 g/mol. The zero-order chi connectivity index (χ0) is 17.8. The number of rotatable bonds is 5. The highest BCUT2D eigenvalue weighted by atomic mass is 79.9. The van der Waals surface area contributed by atoms with Gasteiger partial charge < -0.3 is 5.32 Å². The fraction of sp³-hybridized carbons (Fsp3) is 0.176. The van der Waals surface area contributed by atoms with E-state index in [1.165, 1.54) is 17.3 Å². The van der Waals surface area contributed by atoms with E-state index in [1.54, 1.807) is 4.68 Å². The fourth-order valence-electron chi connectivity index (χ4n) is 2.17. The molecule has 3 aromatic rings. The van der Waals surface area contributed by atoms with Crippen molar-refractivity contribution in [3.8, 4) is 5.69 Å². The summed E-state index contributed by atoms with van der Waals surface area (Å²) in [5.41, 5.74) is 3.98. The maximum atomic E-state index is 12.2. The van der Waals surface area contributed by atoms with E-state index in [0.717, 1.165) is 21.4 Å². The lowest BCUT2D eigenvalue weighted by atomic mass is 10.1. The smallest absolute Gasteiger partial charge is 0.234 e. The van der Waals surface area contributed by atoms with Crippen LogP contribution in [0.1, 0.15) is 11.1 Å². The van der Waals surface area contributed by atoms with Gasteiger partial charge in [-0.3, -0.25) is 4.79 Å². The predicted molar refractivity (Wildman–Crippen MR) is 102 cm³/mol. The molecule has 3 rings (SSSR count). The Morgan fingerprint density at radius 1 is 1.20 bits per heavy atom. The first kappa shape index (κ1) is 17.6. The van der Waals surface area contributed by atoms with Crippen molar-refractivity contribution in [2.24, 2.45) is 0 Å². The minimum absolute atomic E-state index is 0.119. The lowest BCUT2D eigenvalue weighted by Gasteiger charge is -2.08. The number of hydrogen-bond donors (Lipinski definition) is 1. The van der Waals surface area contributed by atoms with Gasteiger partial charge in [0.25, 0.3) is 0 Å². The van der Waals surface area contributed by atoms with Gasteiger partial charge in [0.1, 0.15) is 0 Å². The predicted octanol–water partition coefficient (Wildman–Crippen LogP) is 3.77. The number of benzene rings is 2. The Balaban J connectivity index is 1.68. The minimum Gasteiger partial charge on any atom is -0.324 e. The third kappa shape index (κ3) is 4.26. The Kier molecular flexibility index (Phi) is 5.50. The van der Waals surface area contributed by atoms with E-state index in [-0.39, 0.29) is 11.7 Å². The second-order valence-corrected chi connectivity index (χ2v) is 7.26. The number of carbonyl (C=O) groups is 1. The number of amides is 1. The van der Waals surface area contributed by atoms with Crippen molar-refractivity contribution in [3.05, 3.63) is 58.1 Å². The average molecular weight is 418 g/mol. The summed E-state index contributed by atoms with van der Waals surface area (Å²) in [6, 6.07) is 13.5. The zero-order valence-corrected chi connectivity index (χ0v) is 16.1. The summed E-state index contributed by atoms with van der Waals surface area (Å²) in [5.74, 6) is 0.0959. The summed E-state index contributed by atoms with van der Waals surface area (Å²) in [5, 5.41) is 15.2. The number of thioether (sulfide) groups is 1. The van der Waals surface area contributed by atoms with Crippen LogP contribution in [0.25, 0.3) is 5.69 Å². The summed E-state index contributed by atoms with van der Waals surface area (Å²) >= 11 is 4.70. The van der Waals surface area contributed by atoms with Crippen LogP contribution >= 0.6 is 27.7 Å². The van der Waals surface area contributed by atoms with Crippen molar-refractivity contribution in [2.75, 3.05) is 11.1 Å². The first-order chi connectivity index (χ1) is 12.0. The van der Waals surface area contributed by atoms with Gasteiger partial charge in [-0.2, -0.15) is 4.68 Å². The van der Waals surface area contributed by atoms with E-state index in [2.05, 4.69) is 43.7 Å². The normalized spacial score (nSPS) is 10.7. The Hall–Kier alpha value is -2.19. The molecule has 2 aromatic carbocycles. The van der Waals surface area contributed by atoms with Crippen molar-refractivity contribution in [3.63, 3.8) is 0 Å². The van der Waals surface area contributed by atoms with Crippen molar-refractivity contribution in [1.82, 2.24) is 20.2 Å². The Labute approximate surface area is 158 Å². The number of nitrogens with one attached hydrogen (secondary N) is 1. The fourth-order valence-corrected chi connectivity index (χ4v) is 3.24. The maximum Gasteiger partial charge on any atom is 0.234 e. The van der Waals surface area contributed by atoms with Crippen LogP contribution in [-0.4, -0.2) is 31.9 Å². The molecule has 0 radical (unpaired) electrons. The maximum absolute atomic E-state index is 12.2. The van der Waals surface area contributed by atoms with Crippen molar-refractivity contribution in [1.29, 1.82) is 0 Å². The van der Waals surface area contributed by atoms with Gasteiger partial charge in [0.2, 0.25) is 11.1 Å². The molecule has 6 nitrogen and oxygen atoms in total. The summed E-state index contributed by atoms with van der Waals surface area (Å²) < 4.78 is 2.48. The molecule has 0 saturated heterocycles. The van der Waals surface area contributed by atoms with Crippen LogP contribution in [0, 0.1) is 13.8 Å². The van der Waals surface area contributed by atoms with E-state index < -0.39 is 0 Å². The van der Waals surface area contributed by atoms with Crippen LogP contribution in [0.2, 0.25) is 0 Å². The van der Waals surface area contributed by atoms with Crippen molar-refractivity contribution >= 4 is 39.3 Å². The molecular formula is C17H16BrN5OS. The Morgan fingerprint density at radius 3 is 2.76 bits per heavy atom. The molecule has 25 heavy (non-hydrogen) atoms. The number of aromatic nitrogens is 4. The molecule has 0 fully saturated rings. The van der Waals surface area contributed by atoms with Crippen molar-refractivity contribution < 1.29 is 4.79 Å². The van der Waals surface area contributed by atoms with Gasteiger partial charge in [-0.05, 0) is 75.6 Å². The van der Waals surface area contributed by atoms with Gasteiger partial charge in [0, 0.05) is 4.47 Å². The van der Waals surface area contributed by atoms with Gasteiger partial charge in [-0.25, -0.2) is 0 Å². The second kappa shape index (κ2) is 7.79. The SMILES string of the molecule is Cc1ccc(-n2nnnc2SCC(=O)Nc2ccccc2Br)cc1C. The number of para-hydroxylation sites is 1. The molecule has 128 valence electrons. The number of tetrazole rings is 1. The Morgan fingerprint density at radius 2 is 2.00 bits per heavy atom. The van der Waals surface area contributed by atoms with Gasteiger partial charge >= 0.3 is 0 Å². The molecule has 0 unspecified atom stereocenters. The summed E-state index contributed by atoms with van der Waals surface area (Å²) in [6.45, 7) is 4.10. The first-order valence-electron chi connectivity index (χ1n) is 7.58. The largest absolute Gasteiger partial charge is 0.324 e. The van der Waals surface area contributed by atoms with Crippen LogP contribution in [0.3, 0.4) is 0 Å². The standard InChI is InChI=1S/C17H16BrN5OS/c1-11-7-8-13(9-12(11)2)23-17(20-21-22-23)25-10-16(24)19-15-6-4-3-5-14(15)18/h3-9H,10H2,1-2H3,(H,19,24). The molecule has 0 aliphatic rings. The minimum atomic E-state index is -0.119. The molecule has 0 atom stereocenters. The molecule has 1 amide bonds. The molecule has 0 saturated carbocycles. The highest BCUT2D eigenvalue weighted by Crippen LogP contribution is 2.23. The van der Waals surface area contributed by atoms with Crippen LogP contribution in [0.15, 0.2) is 52.1 Å². The van der Waals surface area contributed by atoms with E-state index in [4.69, 9.17) is 0 Å². The van der Waals surface area contributed by atoms with E-state index >= 15 is 0 Å². The molecule has 0 aliphatic heterocycles. The van der Waals surface area contributed by atoms with Gasteiger partial charge in [-0.1, -0.05) is 30.0 Å². The van der Waals surface area contributed by atoms with E-state index in [9.17, 15) is 4.79 Å². The topological polar surface area (TPSA) is 72.7 Å². The molecule has 0 bridgehead atoms. The number of carbonyl (C=O) groups excluding carboxylic acids is 1. The first-order valence-corrected chi connectivity index (χ1v) is 9.35. The molecule has 1 aromatic heterocycles. The lowest BCUT2D eigenvalue weighted by Crippen LogP contribution is -2.15. The highest BCUT2D eigenvalue weighted by Gasteiger charge is 2.13. The molecule has 1 heterocycles. The van der Waals surface area contributed by atoms with Crippen LogP contribution in [0.4, 0.5) is 5.69 Å². The Bertz CT molecular complexity index is 912. The lowest BCUT2D eigenvalue weighted by molar-refractivity contribution is -0.113. The van der Waals surface area contributed by atoms with Crippen molar-refractivity contribution in [2.45, 2.75) is 19.0 Å².